The van der Waals surface area contributed by atoms with E-state index in [2.05, 4.69) is 16.8 Å². The van der Waals surface area contributed by atoms with Gasteiger partial charge >= 0.3 is 0 Å². The van der Waals surface area contributed by atoms with Gasteiger partial charge in [-0.1, -0.05) is 11.8 Å². The van der Waals surface area contributed by atoms with Crippen molar-refractivity contribution in [1.29, 1.82) is 0 Å². The van der Waals surface area contributed by atoms with Gasteiger partial charge in [-0.05, 0) is 18.6 Å². The third-order valence-electron chi connectivity index (χ3n) is 1.54. The van der Waals surface area contributed by atoms with Crippen molar-refractivity contribution in [3.8, 4) is 11.8 Å². The molecule has 0 amide bonds. The van der Waals surface area contributed by atoms with Crippen molar-refractivity contribution in [1.82, 2.24) is 4.98 Å². The topological polar surface area (TPSA) is 33.1 Å². The van der Waals surface area contributed by atoms with Crippen molar-refractivity contribution >= 4 is 0 Å². The molecule has 0 aromatic carbocycles. The Morgan fingerprint density at radius 2 is 2.38 bits per heavy atom. The van der Waals surface area contributed by atoms with Crippen LogP contribution in [0.4, 0.5) is 4.39 Å². The van der Waals surface area contributed by atoms with Crippen LogP contribution in [0.1, 0.15) is 17.5 Å². The molecule has 0 aliphatic rings. The highest BCUT2D eigenvalue weighted by atomic mass is 19.1. The van der Waals surface area contributed by atoms with Crippen LogP contribution < -0.4 is 0 Å². The highest BCUT2D eigenvalue weighted by Crippen LogP contribution is 2.05. The van der Waals surface area contributed by atoms with Crippen LogP contribution in [-0.2, 0) is 0 Å². The molecule has 2 nitrogen and oxygen atoms in total. The summed E-state index contributed by atoms with van der Waals surface area (Å²) in [6, 6.07) is 1.34. The Morgan fingerprint density at radius 1 is 1.62 bits per heavy atom. The molecule has 1 aromatic rings. The molecule has 0 saturated heterocycles. The zero-order chi connectivity index (χ0) is 9.68. The monoisotopic (exact) mass is 179 g/mol. The van der Waals surface area contributed by atoms with Gasteiger partial charge < -0.3 is 5.11 Å². The van der Waals surface area contributed by atoms with Crippen LogP contribution in [0.25, 0.3) is 0 Å². The van der Waals surface area contributed by atoms with E-state index in [-0.39, 0.29) is 6.61 Å². The smallest absolute Gasteiger partial charge is 0.213 e. The molecule has 1 aromatic heterocycles. The summed E-state index contributed by atoms with van der Waals surface area (Å²) in [5.74, 6) is 5.06. The van der Waals surface area contributed by atoms with Gasteiger partial charge in [0.15, 0.2) is 0 Å². The lowest BCUT2D eigenvalue weighted by atomic mass is 10.1. The Hall–Kier alpha value is -1.40. The molecule has 0 unspecified atom stereocenters. The van der Waals surface area contributed by atoms with Crippen molar-refractivity contribution in [2.24, 2.45) is 0 Å². The first-order valence-corrected chi connectivity index (χ1v) is 3.96. The first-order valence-electron chi connectivity index (χ1n) is 3.96. The number of aliphatic hydroxyl groups is 1. The van der Waals surface area contributed by atoms with E-state index in [1.54, 1.807) is 6.92 Å². The van der Waals surface area contributed by atoms with Gasteiger partial charge in [-0.2, -0.15) is 4.39 Å². The Kier molecular flexibility index (Phi) is 3.41. The van der Waals surface area contributed by atoms with Crippen LogP contribution in [-0.4, -0.2) is 16.7 Å². The van der Waals surface area contributed by atoms with Crippen LogP contribution in [0.2, 0.25) is 0 Å². The van der Waals surface area contributed by atoms with Gasteiger partial charge in [-0.15, -0.1) is 0 Å². The van der Waals surface area contributed by atoms with Crippen molar-refractivity contribution in [3.63, 3.8) is 0 Å². The quantitative estimate of drug-likeness (QED) is 0.520. The molecular weight excluding hydrogens is 169 g/mol. The van der Waals surface area contributed by atoms with Gasteiger partial charge in [-0.3, -0.25) is 0 Å². The maximum absolute atomic E-state index is 12.5. The summed E-state index contributed by atoms with van der Waals surface area (Å²) in [7, 11) is 0. The van der Waals surface area contributed by atoms with Crippen molar-refractivity contribution in [3.05, 3.63) is 29.3 Å². The van der Waals surface area contributed by atoms with Gasteiger partial charge in [0.05, 0.1) is 6.61 Å². The minimum atomic E-state index is -0.495. The predicted octanol–water partition coefficient (Wildman–Crippen LogP) is 1.26. The fraction of sp³-hybridized carbons (Fsp3) is 0.300. The lowest BCUT2D eigenvalue weighted by Gasteiger charge is -1.95. The van der Waals surface area contributed by atoms with E-state index in [9.17, 15) is 4.39 Å². The molecule has 0 aliphatic carbocycles. The fourth-order valence-electron chi connectivity index (χ4n) is 0.866. The van der Waals surface area contributed by atoms with E-state index in [0.29, 0.717) is 12.0 Å². The average molecular weight is 179 g/mol. The highest BCUT2D eigenvalue weighted by Gasteiger charge is 1.96. The number of aromatic nitrogens is 1. The number of aryl methyl sites for hydroxylation is 1. The molecule has 1 rings (SSSR count). The van der Waals surface area contributed by atoms with Crippen LogP contribution in [0.15, 0.2) is 12.3 Å². The molecule has 0 radical (unpaired) electrons. The van der Waals surface area contributed by atoms with Crippen LogP contribution in [0.5, 0.6) is 0 Å². The zero-order valence-corrected chi connectivity index (χ0v) is 7.34. The lowest BCUT2D eigenvalue weighted by molar-refractivity contribution is 0.305. The molecule has 1 N–H and O–H groups in total. The van der Waals surface area contributed by atoms with E-state index in [4.69, 9.17) is 5.11 Å². The predicted molar refractivity (Wildman–Crippen MR) is 47.5 cm³/mol. The molecule has 0 fully saturated rings. The second kappa shape index (κ2) is 4.58. The standard InChI is InChI=1S/C10H10FNO/c1-8-6-10(11)12-7-9(8)4-2-3-5-13/h6-7,13H,3,5H2,1H3. The molecule has 0 aliphatic heterocycles. The number of rotatable bonds is 1. The maximum Gasteiger partial charge on any atom is 0.213 e. The Labute approximate surface area is 76.4 Å². The number of pyridine rings is 1. The van der Waals surface area contributed by atoms with Gasteiger partial charge in [0.2, 0.25) is 5.95 Å². The first kappa shape index (κ1) is 9.69. The van der Waals surface area contributed by atoms with Crippen molar-refractivity contribution < 1.29 is 9.50 Å². The minimum absolute atomic E-state index is 0.0423. The summed E-state index contributed by atoms with van der Waals surface area (Å²) in [5, 5.41) is 8.48. The van der Waals surface area contributed by atoms with Crippen LogP contribution >= 0.6 is 0 Å². The Bertz CT molecular complexity index is 352. The summed E-state index contributed by atoms with van der Waals surface area (Å²) < 4.78 is 12.5. The van der Waals surface area contributed by atoms with E-state index in [1.807, 2.05) is 0 Å². The minimum Gasteiger partial charge on any atom is -0.395 e. The van der Waals surface area contributed by atoms with E-state index in [1.165, 1.54) is 12.3 Å². The molecule has 1 heterocycles. The lowest BCUT2D eigenvalue weighted by Crippen LogP contribution is -1.88. The molecule has 0 saturated carbocycles. The molecule has 0 bridgehead atoms. The number of hydrogen-bond donors (Lipinski definition) is 1. The third-order valence-corrected chi connectivity index (χ3v) is 1.54. The van der Waals surface area contributed by atoms with Crippen LogP contribution in [0, 0.1) is 24.7 Å². The van der Waals surface area contributed by atoms with Gasteiger partial charge in [0, 0.05) is 18.2 Å². The summed E-state index contributed by atoms with van der Waals surface area (Å²) in [4.78, 5) is 3.49. The van der Waals surface area contributed by atoms with Gasteiger partial charge in [-0.25, -0.2) is 4.98 Å². The van der Waals surface area contributed by atoms with Crippen LogP contribution in [0.3, 0.4) is 0 Å². The first-order chi connectivity index (χ1) is 6.24. The molecule has 3 heteroatoms. The molecule has 68 valence electrons. The molecule has 13 heavy (non-hydrogen) atoms. The second-order valence-corrected chi connectivity index (χ2v) is 2.60. The zero-order valence-electron chi connectivity index (χ0n) is 7.34. The molecular formula is C10H10FNO. The Morgan fingerprint density at radius 3 is 3.00 bits per heavy atom. The van der Waals surface area contributed by atoms with Gasteiger partial charge in [0.1, 0.15) is 0 Å². The summed E-state index contributed by atoms with van der Waals surface area (Å²) in [5.41, 5.74) is 1.47. The third kappa shape index (κ3) is 2.85. The molecule has 0 spiro atoms. The number of nitrogens with zero attached hydrogens (tertiary/aromatic N) is 1. The van der Waals surface area contributed by atoms with Crippen molar-refractivity contribution in [2.45, 2.75) is 13.3 Å². The number of aliphatic hydroxyl groups excluding tert-OH is 1. The normalized spacial score (nSPS) is 9.15. The molecule has 0 atom stereocenters. The van der Waals surface area contributed by atoms with E-state index in [0.717, 1.165) is 5.56 Å². The maximum atomic E-state index is 12.5. The van der Waals surface area contributed by atoms with E-state index >= 15 is 0 Å². The Balaban J connectivity index is 2.85. The largest absolute Gasteiger partial charge is 0.395 e. The SMILES string of the molecule is Cc1cc(F)ncc1C#CCCO. The number of halogens is 1. The van der Waals surface area contributed by atoms with E-state index < -0.39 is 5.95 Å². The fourth-order valence-corrected chi connectivity index (χ4v) is 0.866. The average Bonchev–Trinajstić information content (AvgIpc) is 2.09. The summed E-state index contributed by atoms with van der Waals surface area (Å²) in [6.07, 6.45) is 1.83. The summed E-state index contributed by atoms with van der Waals surface area (Å²) in [6.45, 7) is 1.81. The highest BCUT2D eigenvalue weighted by molar-refractivity contribution is 5.38. The number of hydrogen-bond acceptors (Lipinski definition) is 2. The summed E-state index contributed by atoms with van der Waals surface area (Å²) >= 11 is 0. The van der Waals surface area contributed by atoms with Gasteiger partial charge in [0.25, 0.3) is 0 Å². The second-order valence-electron chi connectivity index (χ2n) is 2.60. The van der Waals surface area contributed by atoms with Crippen molar-refractivity contribution in [2.75, 3.05) is 6.61 Å².